The molecule has 0 fully saturated rings. The second kappa shape index (κ2) is 11.1. The van der Waals surface area contributed by atoms with E-state index in [1.165, 1.54) is 5.48 Å². The highest BCUT2D eigenvalue weighted by atomic mass is 19.4. The van der Waals surface area contributed by atoms with Gasteiger partial charge in [0.05, 0.1) is 5.56 Å². The van der Waals surface area contributed by atoms with Crippen molar-refractivity contribution in [2.24, 2.45) is 0 Å². The van der Waals surface area contributed by atoms with Gasteiger partial charge in [0.25, 0.3) is 5.91 Å². The molecule has 198 valence electrons. The fraction of sp³-hybridized carbons (Fsp3) is 0.263. The molecule has 0 aromatic heterocycles. The van der Waals surface area contributed by atoms with Crippen molar-refractivity contribution in [1.29, 1.82) is 0 Å². The molecule has 0 heterocycles. The van der Waals surface area contributed by atoms with Crippen LogP contribution >= 0.6 is 0 Å². The second-order valence-corrected chi connectivity index (χ2v) is 6.48. The van der Waals surface area contributed by atoms with E-state index >= 15 is 0 Å². The lowest BCUT2D eigenvalue weighted by molar-refractivity contribution is -0.274. The summed E-state index contributed by atoms with van der Waals surface area (Å²) in [7, 11) is 0. The smallest absolute Gasteiger partial charge is 0.484 e. The average molecular weight is 536 g/mol. The molecule has 0 unspecified atom stereocenters. The summed E-state index contributed by atoms with van der Waals surface area (Å²) in [6.07, 6.45) is -15.9. The van der Waals surface area contributed by atoms with Gasteiger partial charge in [-0.05, 0) is 42.5 Å². The summed E-state index contributed by atoms with van der Waals surface area (Å²) in [5.41, 5.74) is 0.647. The number of ether oxygens (including phenoxy) is 3. The SMILES string of the molecule is O=C(Nc1ccc(OC(F)(F)F)cc1)ONC(=O)c1cc(OCC(F)(F)F)ccc1OCC(F)(F)F. The van der Waals surface area contributed by atoms with E-state index in [1.807, 2.05) is 5.32 Å². The van der Waals surface area contributed by atoms with E-state index in [1.54, 1.807) is 0 Å². The van der Waals surface area contributed by atoms with Gasteiger partial charge < -0.3 is 19.0 Å². The number of nitrogens with one attached hydrogen (secondary N) is 2. The van der Waals surface area contributed by atoms with Crippen LogP contribution in [-0.4, -0.2) is 43.9 Å². The van der Waals surface area contributed by atoms with Gasteiger partial charge in [-0.1, -0.05) is 0 Å². The first-order valence-electron chi connectivity index (χ1n) is 9.18. The van der Waals surface area contributed by atoms with E-state index in [4.69, 9.17) is 0 Å². The highest BCUT2D eigenvalue weighted by Gasteiger charge is 2.32. The minimum absolute atomic E-state index is 0.111. The van der Waals surface area contributed by atoms with Gasteiger partial charge in [-0.15, -0.1) is 13.2 Å². The van der Waals surface area contributed by atoms with E-state index in [2.05, 4.69) is 19.0 Å². The topological polar surface area (TPSA) is 95.1 Å². The number of benzene rings is 2. The Bertz CT molecular complexity index is 1050. The molecule has 0 aliphatic rings. The van der Waals surface area contributed by atoms with Gasteiger partial charge in [0.2, 0.25) is 0 Å². The zero-order valence-electron chi connectivity index (χ0n) is 17.3. The van der Waals surface area contributed by atoms with Gasteiger partial charge in [-0.25, -0.2) is 4.79 Å². The lowest BCUT2D eigenvalue weighted by atomic mass is 10.2. The number of carbonyl (C=O) groups excluding carboxylic acids is 2. The molecule has 0 saturated carbocycles. The third-order valence-electron chi connectivity index (χ3n) is 3.56. The van der Waals surface area contributed by atoms with E-state index in [-0.39, 0.29) is 5.69 Å². The molecule has 0 spiro atoms. The number of amides is 2. The molecular weight excluding hydrogens is 523 g/mol. The predicted molar refractivity (Wildman–Crippen MR) is 100 cm³/mol. The minimum atomic E-state index is -4.95. The normalized spacial score (nSPS) is 11.9. The minimum Gasteiger partial charge on any atom is -0.484 e. The number of hydroxylamine groups is 1. The fourth-order valence-corrected chi connectivity index (χ4v) is 2.26. The van der Waals surface area contributed by atoms with Gasteiger partial charge in [0.1, 0.15) is 17.2 Å². The van der Waals surface area contributed by atoms with Crippen LogP contribution in [0.25, 0.3) is 0 Å². The lowest BCUT2D eigenvalue weighted by Gasteiger charge is -2.15. The Morgan fingerprint density at radius 1 is 0.750 bits per heavy atom. The van der Waals surface area contributed by atoms with Crippen LogP contribution in [-0.2, 0) is 4.84 Å². The number of hydrogen-bond donors (Lipinski definition) is 2. The zero-order chi connectivity index (χ0) is 27.1. The summed E-state index contributed by atoms with van der Waals surface area (Å²) in [6, 6.07) is 5.82. The Morgan fingerprint density at radius 3 is 1.86 bits per heavy atom. The second-order valence-electron chi connectivity index (χ2n) is 6.48. The largest absolute Gasteiger partial charge is 0.573 e. The van der Waals surface area contributed by atoms with Crippen LogP contribution in [0.1, 0.15) is 10.4 Å². The van der Waals surface area contributed by atoms with Gasteiger partial charge >= 0.3 is 24.8 Å². The Hall–Kier alpha value is -4.05. The molecular formula is C19H13F9N2O6. The molecule has 36 heavy (non-hydrogen) atoms. The van der Waals surface area contributed by atoms with Crippen LogP contribution in [0.3, 0.4) is 0 Å². The Labute approximate surface area is 194 Å². The molecule has 2 aromatic carbocycles. The standard InChI is InChI=1S/C19H13F9N2O6/c20-17(21,22)8-33-12-5-6-14(34-9-18(23,24)25)13(7-12)15(31)30-36-16(32)29-10-1-3-11(4-2-10)35-19(26,27)28/h1-7H,8-9H2,(H,29,32)(H,30,31). The summed E-state index contributed by atoms with van der Waals surface area (Å²) in [5.74, 6) is -3.31. The number of anilines is 1. The summed E-state index contributed by atoms with van der Waals surface area (Å²) >= 11 is 0. The summed E-state index contributed by atoms with van der Waals surface area (Å²) < 4.78 is 123. The van der Waals surface area contributed by atoms with E-state index < -0.39 is 66.7 Å². The van der Waals surface area contributed by atoms with Crippen molar-refractivity contribution in [2.45, 2.75) is 18.7 Å². The number of carbonyl (C=O) groups is 2. The summed E-state index contributed by atoms with van der Waals surface area (Å²) in [5, 5.41) is 2.00. The molecule has 2 rings (SSSR count). The van der Waals surface area contributed by atoms with Gasteiger partial charge in [0.15, 0.2) is 13.2 Å². The molecule has 0 saturated heterocycles. The highest BCUT2D eigenvalue weighted by Crippen LogP contribution is 2.28. The van der Waals surface area contributed by atoms with E-state index in [9.17, 15) is 49.1 Å². The maximum absolute atomic E-state index is 12.5. The van der Waals surface area contributed by atoms with Crippen molar-refractivity contribution in [3.63, 3.8) is 0 Å². The van der Waals surface area contributed by atoms with Crippen molar-refractivity contribution in [2.75, 3.05) is 18.5 Å². The number of halogens is 9. The molecule has 0 radical (unpaired) electrons. The molecule has 0 aliphatic carbocycles. The lowest BCUT2D eigenvalue weighted by Crippen LogP contribution is -2.30. The fourth-order valence-electron chi connectivity index (χ4n) is 2.26. The Kier molecular flexibility index (Phi) is 8.71. The van der Waals surface area contributed by atoms with Gasteiger partial charge in [-0.2, -0.15) is 31.8 Å². The maximum Gasteiger partial charge on any atom is 0.573 e. The molecule has 2 aromatic rings. The Balaban J connectivity index is 2.05. The summed E-state index contributed by atoms with van der Waals surface area (Å²) in [6.45, 7) is -3.63. The molecule has 0 atom stereocenters. The van der Waals surface area contributed by atoms with Gasteiger partial charge in [-0.3, -0.25) is 10.1 Å². The monoisotopic (exact) mass is 536 g/mol. The van der Waals surface area contributed by atoms with Crippen LogP contribution in [0.2, 0.25) is 0 Å². The number of alkyl halides is 9. The Morgan fingerprint density at radius 2 is 1.31 bits per heavy atom. The number of rotatable bonds is 7. The first-order chi connectivity index (χ1) is 16.5. The zero-order valence-corrected chi connectivity index (χ0v) is 17.3. The molecule has 2 amide bonds. The van der Waals surface area contributed by atoms with Crippen LogP contribution < -0.4 is 25.0 Å². The van der Waals surface area contributed by atoms with E-state index in [0.717, 1.165) is 36.4 Å². The number of hydrogen-bond acceptors (Lipinski definition) is 6. The molecule has 2 N–H and O–H groups in total. The van der Waals surface area contributed by atoms with Crippen molar-refractivity contribution >= 4 is 17.7 Å². The summed E-state index contributed by atoms with van der Waals surface area (Å²) in [4.78, 5) is 28.5. The predicted octanol–water partition coefficient (Wildman–Crippen LogP) is 5.36. The van der Waals surface area contributed by atoms with Gasteiger partial charge in [0, 0.05) is 5.69 Å². The maximum atomic E-state index is 12.5. The van der Waals surface area contributed by atoms with Crippen LogP contribution in [0, 0.1) is 0 Å². The third-order valence-corrected chi connectivity index (χ3v) is 3.56. The van der Waals surface area contributed by atoms with Crippen molar-refractivity contribution in [3.8, 4) is 17.2 Å². The third kappa shape index (κ3) is 10.5. The highest BCUT2D eigenvalue weighted by molar-refractivity contribution is 5.97. The average Bonchev–Trinajstić information content (AvgIpc) is 2.74. The first kappa shape index (κ1) is 28.2. The molecule has 0 aliphatic heterocycles. The van der Waals surface area contributed by atoms with E-state index in [0.29, 0.717) is 6.07 Å². The van der Waals surface area contributed by atoms with Crippen molar-refractivity contribution in [3.05, 3.63) is 48.0 Å². The first-order valence-corrected chi connectivity index (χ1v) is 9.18. The molecule has 17 heteroatoms. The van der Waals surface area contributed by atoms with Crippen LogP contribution in [0.5, 0.6) is 17.2 Å². The van der Waals surface area contributed by atoms with Crippen LogP contribution in [0.15, 0.2) is 42.5 Å². The molecule has 0 bridgehead atoms. The van der Waals surface area contributed by atoms with Crippen molar-refractivity contribution in [1.82, 2.24) is 5.48 Å². The van der Waals surface area contributed by atoms with Crippen molar-refractivity contribution < 1.29 is 68.2 Å². The molecule has 8 nitrogen and oxygen atoms in total. The van der Waals surface area contributed by atoms with Crippen LogP contribution in [0.4, 0.5) is 50.0 Å². The quantitative estimate of drug-likeness (QED) is 0.366.